The first-order chi connectivity index (χ1) is 13.4. The zero-order valence-electron chi connectivity index (χ0n) is 15.4. The predicted molar refractivity (Wildman–Crippen MR) is 100 cm³/mol. The highest BCUT2D eigenvalue weighted by molar-refractivity contribution is 6.12. The first-order valence-electron chi connectivity index (χ1n) is 8.94. The van der Waals surface area contributed by atoms with Gasteiger partial charge in [0.1, 0.15) is 0 Å². The van der Waals surface area contributed by atoms with E-state index in [0.29, 0.717) is 13.1 Å². The van der Waals surface area contributed by atoms with Crippen molar-refractivity contribution in [1.29, 1.82) is 0 Å². The number of piperazine rings is 1. The van der Waals surface area contributed by atoms with Crippen molar-refractivity contribution in [2.75, 3.05) is 33.2 Å². The summed E-state index contributed by atoms with van der Waals surface area (Å²) in [4.78, 5) is 52.0. The Bertz CT molecular complexity index is 963. The van der Waals surface area contributed by atoms with Crippen LogP contribution in [0.15, 0.2) is 53.5 Å². The van der Waals surface area contributed by atoms with Gasteiger partial charge in [-0.05, 0) is 6.07 Å². The molecule has 0 aliphatic carbocycles. The Morgan fingerprint density at radius 2 is 1.86 bits per heavy atom. The number of quaternary nitrogens is 1. The van der Waals surface area contributed by atoms with Gasteiger partial charge in [-0.3, -0.25) is 29.1 Å². The van der Waals surface area contributed by atoms with Crippen LogP contribution in [-0.4, -0.2) is 59.3 Å². The van der Waals surface area contributed by atoms with E-state index in [4.69, 9.17) is 0 Å². The number of hydrogen-bond acceptors (Lipinski definition) is 5. The van der Waals surface area contributed by atoms with Gasteiger partial charge in [-0.25, -0.2) is 0 Å². The molecular formula is C19H21N4O5+. The van der Waals surface area contributed by atoms with E-state index in [0.717, 1.165) is 23.7 Å². The number of non-ortho nitro benzene ring substituents is 1. The van der Waals surface area contributed by atoms with E-state index in [-0.39, 0.29) is 11.3 Å². The topological polar surface area (TPSA) is 107 Å². The Balaban J connectivity index is 2.01. The van der Waals surface area contributed by atoms with Crippen LogP contribution in [-0.2, 0) is 4.79 Å². The number of nitrogens with zero attached hydrogens (tertiary/aromatic N) is 3. The van der Waals surface area contributed by atoms with Gasteiger partial charge in [0.2, 0.25) is 0 Å². The molecule has 0 spiro atoms. The van der Waals surface area contributed by atoms with Gasteiger partial charge < -0.3 is 9.80 Å². The predicted octanol–water partition coefficient (Wildman–Crippen LogP) is -0.463. The Hall–Kier alpha value is -3.33. The highest BCUT2D eigenvalue weighted by atomic mass is 16.6. The summed E-state index contributed by atoms with van der Waals surface area (Å²) in [7, 11) is 2.02. The average molecular weight is 385 g/mol. The minimum absolute atomic E-state index is 0.0167. The van der Waals surface area contributed by atoms with E-state index in [9.17, 15) is 24.5 Å². The molecule has 1 fully saturated rings. The number of rotatable bonds is 5. The van der Waals surface area contributed by atoms with Gasteiger partial charge in [0.15, 0.2) is 11.8 Å². The van der Waals surface area contributed by atoms with Crippen LogP contribution in [0.5, 0.6) is 0 Å². The Labute approximate surface area is 160 Å². The van der Waals surface area contributed by atoms with Crippen LogP contribution >= 0.6 is 0 Å². The SMILES string of the molecule is C[NH+]1CCN(C(=O)[C@H](C(=O)c2cccc([N+](=O)[O-])c2)n2ccccc2=O)CC1. The van der Waals surface area contributed by atoms with E-state index >= 15 is 0 Å². The second kappa shape index (κ2) is 8.13. The maximum Gasteiger partial charge on any atom is 0.270 e. The molecule has 146 valence electrons. The van der Waals surface area contributed by atoms with Crippen molar-refractivity contribution in [3.63, 3.8) is 0 Å². The molecular weight excluding hydrogens is 364 g/mol. The van der Waals surface area contributed by atoms with Crippen LogP contribution in [0.25, 0.3) is 0 Å². The van der Waals surface area contributed by atoms with Gasteiger partial charge in [0.25, 0.3) is 17.2 Å². The minimum atomic E-state index is -1.39. The van der Waals surface area contributed by atoms with Gasteiger partial charge in [0, 0.05) is 30.0 Å². The fourth-order valence-electron chi connectivity index (χ4n) is 3.22. The van der Waals surface area contributed by atoms with Crippen LogP contribution in [0.4, 0.5) is 5.69 Å². The summed E-state index contributed by atoms with van der Waals surface area (Å²) in [5.74, 6) is -1.12. The smallest absolute Gasteiger partial charge is 0.270 e. The molecule has 3 rings (SSSR count). The molecule has 2 aromatic rings. The van der Waals surface area contributed by atoms with Crippen molar-refractivity contribution in [1.82, 2.24) is 9.47 Å². The lowest BCUT2D eigenvalue weighted by Crippen LogP contribution is -3.12. The van der Waals surface area contributed by atoms with Crippen LogP contribution in [0.2, 0.25) is 0 Å². The van der Waals surface area contributed by atoms with Gasteiger partial charge in [-0.1, -0.05) is 18.2 Å². The van der Waals surface area contributed by atoms with Crippen LogP contribution in [0, 0.1) is 10.1 Å². The molecule has 28 heavy (non-hydrogen) atoms. The Morgan fingerprint density at radius 3 is 2.50 bits per heavy atom. The number of nitrogens with one attached hydrogen (secondary N) is 1. The number of carbonyl (C=O) groups is 2. The average Bonchev–Trinajstić information content (AvgIpc) is 2.70. The van der Waals surface area contributed by atoms with Crippen molar-refractivity contribution < 1.29 is 19.4 Å². The van der Waals surface area contributed by atoms with E-state index in [2.05, 4.69) is 0 Å². The lowest BCUT2D eigenvalue weighted by atomic mass is 10.0. The summed E-state index contributed by atoms with van der Waals surface area (Å²) in [5, 5.41) is 11.0. The standard InChI is InChI=1S/C19H20N4O5/c1-20-9-11-21(12-10-20)19(26)17(22-8-3-2-7-16(22)24)18(25)14-5-4-6-15(13-14)23(27)28/h2-8,13,17H,9-12H2,1H3/p+1/t17-/m0/s1. The van der Waals surface area contributed by atoms with E-state index in [1.807, 2.05) is 7.05 Å². The quantitative estimate of drug-likeness (QED) is 0.324. The zero-order chi connectivity index (χ0) is 20.3. The number of carbonyl (C=O) groups excluding carboxylic acids is 2. The third-order valence-corrected chi connectivity index (χ3v) is 4.88. The van der Waals surface area contributed by atoms with E-state index in [1.54, 1.807) is 11.0 Å². The number of benzene rings is 1. The van der Waals surface area contributed by atoms with Crippen molar-refractivity contribution in [3.05, 3.63) is 74.7 Å². The lowest BCUT2D eigenvalue weighted by molar-refractivity contribution is -0.883. The molecule has 1 aliphatic rings. The molecule has 0 saturated carbocycles. The molecule has 9 heteroatoms. The van der Waals surface area contributed by atoms with Crippen LogP contribution < -0.4 is 10.5 Å². The monoisotopic (exact) mass is 385 g/mol. The second-order valence-corrected chi connectivity index (χ2v) is 6.80. The van der Waals surface area contributed by atoms with Crippen LogP contribution in [0.1, 0.15) is 16.4 Å². The second-order valence-electron chi connectivity index (χ2n) is 6.80. The number of ketones is 1. The molecule has 1 aliphatic heterocycles. The van der Waals surface area contributed by atoms with Crippen molar-refractivity contribution in [2.45, 2.75) is 6.04 Å². The van der Waals surface area contributed by atoms with Gasteiger partial charge in [-0.2, -0.15) is 0 Å². The third kappa shape index (κ3) is 3.99. The number of nitro benzene ring substituents is 1. The number of Topliss-reactive ketones (excluding diaryl/α,β-unsaturated/α-hetero) is 1. The summed E-state index contributed by atoms with van der Waals surface area (Å²) in [6.45, 7) is 2.44. The van der Waals surface area contributed by atoms with E-state index < -0.39 is 28.2 Å². The Morgan fingerprint density at radius 1 is 1.14 bits per heavy atom. The van der Waals surface area contributed by atoms with Crippen molar-refractivity contribution >= 4 is 17.4 Å². The Kier molecular flexibility index (Phi) is 5.65. The number of aromatic nitrogens is 1. The summed E-state index contributed by atoms with van der Waals surface area (Å²) < 4.78 is 1.09. The molecule has 9 nitrogen and oxygen atoms in total. The molecule has 1 aromatic carbocycles. The molecule has 1 aromatic heterocycles. The molecule has 1 atom stereocenters. The zero-order valence-corrected chi connectivity index (χ0v) is 15.4. The summed E-state index contributed by atoms with van der Waals surface area (Å²) >= 11 is 0. The largest absolute Gasteiger partial charge is 0.334 e. The normalized spacial score (nSPS) is 15.8. The molecule has 1 N–H and O–H groups in total. The molecule has 1 saturated heterocycles. The molecule has 1 amide bonds. The summed E-state index contributed by atoms with van der Waals surface area (Å²) in [6, 6.07) is 8.17. The first kappa shape index (κ1) is 19.4. The minimum Gasteiger partial charge on any atom is -0.334 e. The fraction of sp³-hybridized carbons (Fsp3) is 0.316. The number of pyridine rings is 1. The maximum atomic E-state index is 13.2. The number of nitro groups is 1. The molecule has 2 heterocycles. The number of likely N-dealkylation sites (N-methyl/N-ethyl adjacent to an activating group) is 1. The molecule has 0 bridgehead atoms. The summed E-state index contributed by atoms with van der Waals surface area (Å²) in [6.07, 6.45) is 1.39. The fourth-order valence-corrected chi connectivity index (χ4v) is 3.22. The lowest BCUT2D eigenvalue weighted by Gasteiger charge is -2.32. The number of hydrogen-bond donors (Lipinski definition) is 1. The maximum absolute atomic E-state index is 13.2. The van der Waals surface area contributed by atoms with Crippen molar-refractivity contribution in [2.24, 2.45) is 0 Å². The molecule has 0 unspecified atom stereocenters. The first-order valence-corrected chi connectivity index (χ1v) is 8.94. The number of amides is 1. The molecule has 0 radical (unpaired) electrons. The van der Waals surface area contributed by atoms with Crippen LogP contribution in [0.3, 0.4) is 0 Å². The van der Waals surface area contributed by atoms with Gasteiger partial charge in [-0.15, -0.1) is 0 Å². The third-order valence-electron chi connectivity index (χ3n) is 4.88. The van der Waals surface area contributed by atoms with Gasteiger partial charge in [0.05, 0.1) is 38.2 Å². The van der Waals surface area contributed by atoms with Crippen molar-refractivity contribution in [3.8, 4) is 0 Å². The van der Waals surface area contributed by atoms with E-state index in [1.165, 1.54) is 41.4 Å². The van der Waals surface area contributed by atoms with Gasteiger partial charge >= 0.3 is 0 Å². The highest BCUT2D eigenvalue weighted by Gasteiger charge is 2.35. The highest BCUT2D eigenvalue weighted by Crippen LogP contribution is 2.20. The summed E-state index contributed by atoms with van der Waals surface area (Å²) in [5.41, 5.74) is -0.719.